The van der Waals surface area contributed by atoms with Gasteiger partial charge in [0.2, 0.25) is 0 Å². The Morgan fingerprint density at radius 1 is 1.54 bits per heavy atom. The molecule has 0 radical (unpaired) electrons. The molecule has 0 aromatic carbocycles. The maximum atomic E-state index is 12.1. The van der Waals surface area contributed by atoms with E-state index in [0.29, 0.717) is 0 Å². The Balaban J connectivity index is 2.94. The van der Waals surface area contributed by atoms with Gasteiger partial charge in [-0.3, -0.25) is 0 Å². The van der Waals surface area contributed by atoms with Gasteiger partial charge in [-0.25, -0.2) is 0 Å². The molecular formula is C7H8F3NOS. The summed E-state index contributed by atoms with van der Waals surface area (Å²) in [5.41, 5.74) is 4.92. The molecule has 1 atom stereocenters. The fourth-order valence-corrected chi connectivity index (χ4v) is 1.72. The molecule has 0 aliphatic rings. The molecule has 3 N–H and O–H groups in total. The summed E-state index contributed by atoms with van der Waals surface area (Å²) in [5.74, 6) is 0. The highest BCUT2D eigenvalue weighted by molar-refractivity contribution is 7.10. The Hall–Kier alpha value is -0.590. The monoisotopic (exact) mass is 211 g/mol. The van der Waals surface area contributed by atoms with Crippen molar-refractivity contribution in [2.45, 2.75) is 18.8 Å². The third kappa shape index (κ3) is 2.20. The molecule has 1 rings (SSSR count). The van der Waals surface area contributed by atoms with Crippen LogP contribution in [-0.2, 0) is 6.61 Å². The third-order valence-corrected chi connectivity index (χ3v) is 2.53. The first kappa shape index (κ1) is 10.5. The second-order valence-corrected chi connectivity index (χ2v) is 3.48. The topological polar surface area (TPSA) is 46.2 Å². The molecule has 1 aromatic heterocycles. The normalized spacial score (nSPS) is 14.5. The summed E-state index contributed by atoms with van der Waals surface area (Å²) in [7, 11) is 0. The average molecular weight is 211 g/mol. The molecule has 0 unspecified atom stereocenters. The molecule has 0 saturated carbocycles. The highest BCUT2D eigenvalue weighted by Crippen LogP contribution is 2.34. The average Bonchev–Trinajstić information content (AvgIpc) is 2.48. The minimum absolute atomic E-state index is 0.0417. The van der Waals surface area contributed by atoms with E-state index >= 15 is 0 Å². The van der Waals surface area contributed by atoms with Crippen LogP contribution in [0.5, 0.6) is 0 Å². The van der Waals surface area contributed by atoms with Gasteiger partial charge in [0.1, 0.15) is 6.04 Å². The molecule has 6 heteroatoms. The molecule has 13 heavy (non-hydrogen) atoms. The van der Waals surface area contributed by atoms with E-state index in [1.165, 1.54) is 11.4 Å². The van der Waals surface area contributed by atoms with Crippen LogP contribution in [0.15, 0.2) is 11.4 Å². The maximum absolute atomic E-state index is 12.1. The van der Waals surface area contributed by atoms with Gasteiger partial charge < -0.3 is 10.8 Å². The van der Waals surface area contributed by atoms with Crippen molar-refractivity contribution in [1.29, 1.82) is 0 Å². The van der Waals surface area contributed by atoms with Crippen molar-refractivity contribution in [2.24, 2.45) is 5.73 Å². The van der Waals surface area contributed by atoms with Crippen molar-refractivity contribution in [1.82, 2.24) is 0 Å². The number of thiophene rings is 1. The molecular weight excluding hydrogens is 203 g/mol. The van der Waals surface area contributed by atoms with Crippen LogP contribution in [-0.4, -0.2) is 11.3 Å². The minimum Gasteiger partial charge on any atom is -0.391 e. The summed E-state index contributed by atoms with van der Waals surface area (Å²) < 4.78 is 36.4. The van der Waals surface area contributed by atoms with Crippen molar-refractivity contribution in [3.05, 3.63) is 21.9 Å². The largest absolute Gasteiger partial charge is 0.407 e. The number of rotatable bonds is 2. The fourth-order valence-electron chi connectivity index (χ4n) is 0.932. The van der Waals surface area contributed by atoms with Gasteiger partial charge in [0.05, 0.1) is 6.61 Å². The van der Waals surface area contributed by atoms with Crippen molar-refractivity contribution in [3.63, 3.8) is 0 Å². The Bertz CT molecular complexity index is 284. The van der Waals surface area contributed by atoms with Crippen LogP contribution in [0.25, 0.3) is 0 Å². The zero-order valence-corrected chi connectivity index (χ0v) is 7.32. The van der Waals surface area contributed by atoms with Crippen LogP contribution >= 0.6 is 11.3 Å². The third-order valence-electron chi connectivity index (χ3n) is 1.61. The van der Waals surface area contributed by atoms with E-state index in [-0.39, 0.29) is 10.4 Å². The number of nitrogens with two attached hydrogens (primary N) is 1. The zero-order chi connectivity index (χ0) is 10.1. The molecule has 2 nitrogen and oxygen atoms in total. The molecule has 0 amide bonds. The molecule has 0 aliphatic heterocycles. The highest BCUT2D eigenvalue weighted by Gasteiger charge is 2.39. The zero-order valence-electron chi connectivity index (χ0n) is 6.51. The molecule has 0 aliphatic carbocycles. The Labute approximate surface area is 76.8 Å². The first-order chi connectivity index (χ1) is 5.96. The summed E-state index contributed by atoms with van der Waals surface area (Å²) in [5, 5.41) is 10.2. The molecule has 1 heterocycles. The lowest BCUT2D eigenvalue weighted by Gasteiger charge is -2.15. The second kappa shape index (κ2) is 3.65. The van der Waals surface area contributed by atoms with Crippen LogP contribution < -0.4 is 5.73 Å². The van der Waals surface area contributed by atoms with Crippen LogP contribution in [0.2, 0.25) is 0 Å². The lowest BCUT2D eigenvalue weighted by Crippen LogP contribution is -2.28. The standard InChI is InChI=1S/C7H8F3NOS/c8-7(9,10)6(11)4-1-2-13-5(4)3-12/h1-2,6,12H,3,11H2/t6-/m1/s1. The van der Waals surface area contributed by atoms with Crippen LogP contribution in [0.3, 0.4) is 0 Å². The van der Waals surface area contributed by atoms with E-state index in [1.54, 1.807) is 0 Å². The number of hydrogen-bond acceptors (Lipinski definition) is 3. The number of aliphatic hydroxyl groups is 1. The van der Waals surface area contributed by atoms with Crippen LogP contribution in [0, 0.1) is 0 Å². The van der Waals surface area contributed by atoms with Crippen molar-refractivity contribution >= 4 is 11.3 Å². The Morgan fingerprint density at radius 3 is 2.62 bits per heavy atom. The van der Waals surface area contributed by atoms with Gasteiger partial charge >= 0.3 is 6.18 Å². The second-order valence-electron chi connectivity index (χ2n) is 2.48. The van der Waals surface area contributed by atoms with Gasteiger partial charge in [0.25, 0.3) is 0 Å². The van der Waals surface area contributed by atoms with Gasteiger partial charge in [-0.1, -0.05) is 0 Å². The summed E-state index contributed by atoms with van der Waals surface area (Å²) in [6.07, 6.45) is -4.45. The predicted molar refractivity (Wildman–Crippen MR) is 43.2 cm³/mol. The van der Waals surface area contributed by atoms with Gasteiger partial charge in [0.15, 0.2) is 0 Å². The maximum Gasteiger partial charge on any atom is 0.407 e. The Morgan fingerprint density at radius 2 is 2.15 bits per heavy atom. The minimum atomic E-state index is -4.45. The summed E-state index contributed by atoms with van der Waals surface area (Å²) >= 11 is 1.06. The van der Waals surface area contributed by atoms with Crippen molar-refractivity contribution in [2.75, 3.05) is 0 Å². The van der Waals surface area contributed by atoms with E-state index in [9.17, 15) is 13.2 Å². The van der Waals surface area contributed by atoms with Gasteiger partial charge in [-0.05, 0) is 17.0 Å². The molecule has 74 valence electrons. The molecule has 0 saturated heterocycles. The SMILES string of the molecule is N[C@H](c1ccsc1CO)C(F)(F)F. The number of aliphatic hydroxyl groups excluding tert-OH is 1. The summed E-state index contributed by atoms with van der Waals surface area (Å²) in [6, 6.07) is -0.713. The number of alkyl halides is 3. The highest BCUT2D eigenvalue weighted by atomic mass is 32.1. The fraction of sp³-hybridized carbons (Fsp3) is 0.429. The number of halogens is 3. The first-order valence-corrected chi connectivity index (χ1v) is 4.34. The van der Waals surface area contributed by atoms with Gasteiger partial charge in [0, 0.05) is 4.88 Å². The molecule has 0 spiro atoms. The summed E-state index contributed by atoms with van der Waals surface area (Å²) in [6.45, 7) is -0.406. The molecule has 0 bridgehead atoms. The van der Waals surface area contributed by atoms with Crippen LogP contribution in [0.1, 0.15) is 16.5 Å². The van der Waals surface area contributed by atoms with E-state index in [1.807, 2.05) is 0 Å². The van der Waals surface area contributed by atoms with E-state index in [0.717, 1.165) is 11.3 Å². The first-order valence-electron chi connectivity index (χ1n) is 3.46. The smallest absolute Gasteiger partial charge is 0.391 e. The van der Waals surface area contributed by atoms with Crippen molar-refractivity contribution < 1.29 is 18.3 Å². The lowest BCUT2D eigenvalue weighted by atomic mass is 10.1. The van der Waals surface area contributed by atoms with Gasteiger partial charge in [-0.15, -0.1) is 11.3 Å². The number of hydrogen-bond donors (Lipinski definition) is 2. The van der Waals surface area contributed by atoms with Gasteiger partial charge in [-0.2, -0.15) is 13.2 Å². The van der Waals surface area contributed by atoms with Crippen LogP contribution in [0.4, 0.5) is 13.2 Å². The van der Waals surface area contributed by atoms with E-state index in [2.05, 4.69) is 0 Å². The van der Waals surface area contributed by atoms with E-state index in [4.69, 9.17) is 10.8 Å². The quantitative estimate of drug-likeness (QED) is 0.783. The van der Waals surface area contributed by atoms with E-state index < -0.39 is 18.8 Å². The Kier molecular flexibility index (Phi) is 2.94. The van der Waals surface area contributed by atoms with Crippen molar-refractivity contribution in [3.8, 4) is 0 Å². The molecule has 1 aromatic rings. The summed E-state index contributed by atoms with van der Waals surface area (Å²) in [4.78, 5) is 0.268. The lowest BCUT2D eigenvalue weighted by molar-refractivity contribution is -0.149. The predicted octanol–water partition coefficient (Wildman–Crippen LogP) is 1.80. The molecule has 0 fully saturated rings.